The molecule has 0 saturated carbocycles. The molecule has 0 spiro atoms. The van der Waals surface area contributed by atoms with Crippen molar-refractivity contribution in [1.29, 1.82) is 0 Å². The third kappa shape index (κ3) is 3.94. The summed E-state index contributed by atoms with van der Waals surface area (Å²) in [6, 6.07) is 5.60. The molecule has 4 nitrogen and oxygen atoms in total. The summed E-state index contributed by atoms with van der Waals surface area (Å²) in [5.74, 6) is 1.44. The van der Waals surface area contributed by atoms with E-state index in [1.807, 2.05) is 23.1 Å². The third-order valence-electron chi connectivity index (χ3n) is 3.81. The van der Waals surface area contributed by atoms with E-state index in [0.29, 0.717) is 5.92 Å². The summed E-state index contributed by atoms with van der Waals surface area (Å²) in [6.45, 7) is 6.37. The van der Waals surface area contributed by atoms with Crippen LogP contribution in [0.5, 0.6) is 0 Å². The van der Waals surface area contributed by atoms with E-state index in [4.69, 9.17) is 4.74 Å². The van der Waals surface area contributed by atoms with Gasteiger partial charge in [0.2, 0.25) is 0 Å². The number of carbonyl (C=O) groups excluding carboxylic acids is 1. The fourth-order valence-electron chi connectivity index (χ4n) is 2.46. The average molecular weight is 262 g/mol. The van der Waals surface area contributed by atoms with Gasteiger partial charge in [-0.3, -0.25) is 4.98 Å². The van der Waals surface area contributed by atoms with Gasteiger partial charge in [0, 0.05) is 19.3 Å². The van der Waals surface area contributed by atoms with Crippen LogP contribution in [0.15, 0.2) is 24.4 Å². The van der Waals surface area contributed by atoms with E-state index in [1.165, 1.54) is 0 Å². The Hall–Kier alpha value is -1.58. The Kier molecular flexibility index (Phi) is 4.77. The van der Waals surface area contributed by atoms with Crippen LogP contribution in [0, 0.1) is 11.8 Å². The standard InChI is InChI=1S/C15H22N2O2/c1-12(2)13-6-9-17(10-7-13)15(18)19-11-14-5-3-4-8-16-14/h3-5,8,12-13H,6-7,9-11H2,1-2H3. The molecule has 0 bridgehead atoms. The zero-order valence-corrected chi connectivity index (χ0v) is 11.7. The average Bonchev–Trinajstić information content (AvgIpc) is 2.46. The van der Waals surface area contributed by atoms with Crippen molar-refractivity contribution in [3.63, 3.8) is 0 Å². The zero-order valence-electron chi connectivity index (χ0n) is 11.7. The monoisotopic (exact) mass is 262 g/mol. The second-order valence-electron chi connectivity index (χ2n) is 5.44. The fraction of sp³-hybridized carbons (Fsp3) is 0.600. The molecule has 104 valence electrons. The lowest BCUT2D eigenvalue weighted by Gasteiger charge is -2.33. The van der Waals surface area contributed by atoms with Gasteiger partial charge in [0.05, 0.1) is 5.69 Å². The van der Waals surface area contributed by atoms with Gasteiger partial charge in [-0.2, -0.15) is 0 Å². The predicted molar refractivity (Wildman–Crippen MR) is 73.6 cm³/mol. The molecule has 19 heavy (non-hydrogen) atoms. The molecule has 1 amide bonds. The highest BCUT2D eigenvalue weighted by molar-refractivity contribution is 5.67. The van der Waals surface area contributed by atoms with Crippen molar-refractivity contribution in [2.24, 2.45) is 11.8 Å². The molecule has 0 aliphatic carbocycles. The Labute approximate surface area is 114 Å². The Bertz CT molecular complexity index is 398. The van der Waals surface area contributed by atoms with E-state index in [0.717, 1.165) is 37.5 Å². The Morgan fingerprint density at radius 3 is 2.74 bits per heavy atom. The van der Waals surface area contributed by atoms with Crippen LogP contribution in [-0.2, 0) is 11.3 Å². The summed E-state index contributed by atoms with van der Waals surface area (Å²) < 4.78 is 5.29. The molecule has 4 heteroatoms. The van der Waals surface area contributed by atoms with E-state index in [-0.39, 0.29) is 12.7 Å². The van der Waals surface area contributed by atoms with E-state index < -0.39 is 0 Å². The van der Waals surface area contributed by atoms with Gasteiger partial charge in [0.25, 0.3) is 0 Å². The smallest absolute Gasteiger partial charge is 0.410 e. The van der Waals surface area contributed by atoms with Gasteiger partial charge in [-0.15, -0.1) is 0 Å². The minimum Gasteiger partial charge on any atom is -0.443 e. The molecule has 1 aliphatic rings. The number of hydrogen-bond donors (Lipinski definition) is 0. The SMILES string of the molecule is CC(C)C1CCN(C(=O)OCc2ccccn2)CC1. The van der Waals surface area contributed by atoms with Crippen LogP contribution in [0.2, 0.25) is 0 Å². The normalized spacial score (nSPS) is 16.7. The maximum Gasteiger partial charge on any atom is 0.410 e. The number of carbonyl (C=O) groups is 1. The molecule has 1 aliphatic heterocycles. The molecule has 1 saturated heterocycles. The summed E-state index contributed by atoms with van der Waals surface area (Å²) in [4.78, 5) is 17.9. The lowest BCUT2D eigenvalue weighted by Crippen LogP contribution is -2.39. The van der Waals surface area contributed by atoms with Crippen molar-refractivity contribution in [2.45, 2.75) is 33.3 Å². The van der Waals surface area contributed by atoms with E-state index >= 15 is 0 Å². The highest BCUT2D eigenvalue weighted by Crippen LogP contribution is 2.24. The summed E-state index contributed by atoms with van der Waals surface area (Å²) in [5, 5.41) is 0. The topological polar surface area (TPSA) is 42.4 Å². The quantitative estimate of drug-likeness (QED) is 0.840. The highest BCUT2D eigenvalue weighted by atomic mass is 16.6. The van der Waals surface area contributed by atoms with Crippen LogP contribution in [0.1, 0.15) is 32.4 Å². The molecule has 0 N–H and O–H groups in total. The number of aromatic nitrogens is 1. The summed E-state index contributed by atoms with van der Waals surface area (Å²) in [6.07, 6.45) is 3.65. The highest BCUT2D eigenvalue weighted by Gasteiger charge is 2.25. The summed E-state index contributed by atoms with van der Waals surface area (Å²) in [5.41, 5.74) is 0.785. The third-order valence-corrected chi connectivity index (χ3v) is 3.81. The molecule has 0 unspecified atom stereocenters. The summed E-state index contributed by atoms with van der Waals surface area (Å²) >= 11 is 0. The first kappa shape index (κ1) is 13.8. The molecule has 2 rings (SSSR count). The van der Waals surface area contributed by atoms with Crippen molar-refractivity contribution in [3.05, 3.63) is 30.1 Å². The predicted octanol–water partition coefficient (Wildman–Crippen LogP) is 3.09. The number of pyridine rings is 1. The minimum absolute atomic E-state index is 0.215. The lowest BCUT2D eigenvalue weighted by molar-refractivity contribution is 0.0768. The van der Waals surface area contributed by atoms with Crippen molar-refractivity contribution in [2.75, 3.05) is 13.1 Å². The van der Waals surface area contributed by atoms with Crippen molar-refractivity contribution in [3.8, 4) is 0 Å². The molecule has 0 aromatic carbocycles. The first-order valence-electron chi connectivity index (χ1n) is 6.98. The summed E-state index contributed by atoms with van der Waals surface area (Å²) in [7, 11) is 0. The second-order valence-corrected chi connectivity index (χ2v) is 5.44. The number of rotatable bonds is 3. The second kappa shape index (κ2) is 6.55. The number of amides is 1. The van der Waals surface area contributed by atoms with Gasteiger partial charge in [-0.1, -0.05) is 19.9 Å². The van der Waals surface area contributed by atoms with Gasteiger partial charge >= 0.3 is 6.09 Å². The van der Waals surface area contributed by atoms with Crippen LogP contribution in [0.25, 0.3) is 0 Å². The fourth-order valence-corrected chi connectivity index (χ4v) is 2.46. The van der Waals surface area contributed by atoms with Gasteiger partial charge < -0.3 is 9.64 Å². The van der Waals surface area contributed by atoms with Crippen LogP contribution in [0.4, 0.5) is 4.79 Å². The molecule has 1 aromatic rings. The molecule has 1 fully saturated rings. The van der Waals surface area contributed by atoms with Crippen LogP contribution in [0.3, 0.4) is 0 Å². The Balaban J connectivity index is 1.76. The number of likely N-dealkylation sites (tertiary alicyclic amines) is 1. The van der Waals surface area contributed by atoms with Gasteiger partial charge in [0.15, 0.2) is 0 Å². The molecule has 0 atom stereocenters. The number of hydrogen-bond acceptors (Lipinski definition) is 3. The molecule has 1 aromatic heterocycles. The van der Waals surface area contributed by atoms with Crippen LogP contribution < -0.4 is 0 Å². The van der Waals surface area contributed by atoms with E-state index in [9.17, 15) is 4.79 Å². The maximum absolute atomic E-state index is 11.9. The van der Waals surface area contributed by atoms with Crippen LogP contribution >= 0.6 is 0 Å². The van der Waals surface area contributed by atoms with Crippen molar-refractivity contribution < 1.29 is 9.53 Å². The van der Waals surface area contributed by atoms with Gasteiger partial charge in [-0.05, 0) is 36.8 Å². The van der Waals surface area contributed by atoms with E-state index in [2.05, 4.69) is 18.8 Å². The molecule has 0 radical (unpaired) electrons. The number of nitrogens with zero attached hydrogens (tertiary/aromatic N) is 2. The first-order chi connectivity index (χ1) is 9.16. The van der Waals surface area contributed by atoms with Gasteiger partial charge in [0.1, 0.15) is 6.61 Å². The number of piperidine rings is 1. The first-order valence-corrected chi connectivity index (χ1v) is 6.98. The van der Waals surface area contributed by atoms with E-state index in [1.54, 1.807) is 6.20 Å². The van der Waals surface area contributed by atoms with Crippen molar-refractivity contribution >= 4 is 6.09 Å². The lowest BCUT2D eigenvalue weighted by atomic mass is 9.87. The Morgan fingerprint density at radius 2 is 2.16 bits per heavy atom. The Morgan fingerprint density at radius 1 is 1.42 bits per heavy atom. The van der Waals surface area contributed by atoms with Gasteiger partial charge in [-0.25, -0.2) is 4.79 Å². The molecular formula is C15H22N2O2. The van der Waals surface area contributed by atoms with Crippen LogP contribution in [-0.4, -0.2) is 29.1 Å². The molecule has 2 heterocycles. The zero-order chi connectivity index (χ0) is 13.7. The maximum atomic E-state index is 11.9. The minimum atomic E-state index is -0.215. The molecular weight excluding hydrogens is 240 g/mol. The largest absolute Gasteiger partial charge is 0.443 e. The number of ether oxygens (including phenoxy) is 1. The van der Waals surface area contributed by atoms with Crippen molar-refractivity contribution in [1.82, 2.24) is 9.88 Å².